The van der Waals surface area contributed by atoms with Crippen LogP contribution in [-0.4, -0.2) is 12.1 Å². The monoisotopic (exact) mass is 263 g/mol. The van der Waals surface area contributed by atoms with E-state index in [1.807, 2.05) is 0 Å². The second-order valence-electron chi connectivity index (χ2n) is 6.31. The van der Waals surface area contributed by atoms with E-state index in [4.69, 9.17) is 0 Å². The zero-order valence-corrected chi connectivity index (χ0v) is 12.0. The van der Waals surface area contributed by atoms with Crippen molar-refractivity contribution in [1.82, 2.24) is 0 Å². The first-order valence-electron chi connectivity index (χ1n) is 7.73. The van der Waals surface area contributed by atoms with Gasteiger partial charge in [0.05, 0.1) is 0 Å². The van der Waals surface area contributed by atoms with E-state index in [9.17, 15) is 0 Å². The van der Waals surface area contributed by atoms with Crippen LogP contribution in [0, 0.1) is 6.92 Å². The Morgan fingerprint density at radius 2 is 1.80 bits per heavy atom. The summed E-state index contributed by atoms with van der Waals surface area (Å²) in [5, 5.41) is 0. The fraction of sp³-hybridized carbons (Fsp3) is 0.368. The average Bonchev–Trinajstić information content (AvgIpc) is 3.01. The Morgan fingerprint density at radius 1 is 1.00 bits per heavy atom. The van der Waals surface area contributed by atoms with Crippen LogP contribution >= 0.6 is 0 Å². The Balaban J connectivity index is 1.60. The largest absolute Gasteiger partial charge is 0.365 e. The van der Waals surface area contributed by atoms with Gasteiger partial charge in [0.15, 0.2) is 0 Å². The SMILES string of the molecule is Cc1ccc(C[C@H]2CC[C@@H]3Cc4ccccc4N23)cc1. The molecule has 2 heterocycles. The molecule has 0 aliphatic carbocycles. The second kappa shape index (κ2) is 4.66. The molecule has 0 radical (unpaired) electrons. The lowest BCUT2D eigenvalue weighted by molar-refractivity contribution is 0.648. The fourth-order valence-electron chi connectivity index (χ4n) is 3.94. The molecule has 2 aliphatic heterocycles. The highest BCUT2D eigenvalue weighted by molar-refractivity contribution is 5.61. The molecule has 2 aromatic rings. The Hall–Kier alpha value is -1.76. The molecule has 2 aromatic carbocycles. The third-order valence-corrected chi connectivity index (χ3v) is 4.94. The lowest BCUT2D eigenvalue weighted by Gasteiger charge is -2.27. The Morgan fingerprint density at radius 3 is 2.65 bits per heavy atom. The number of rotatable bonds is 2. The van der Waals surface area contributed by atoms with Crippen LogP contribution in [0.5, 0.6) is 0 Å². The van der Waals surface area contributed by atoms with E-state index < -0.39 is 0 Å². The van der Waals surface area contributed by atoms with E-state index in [0.717, 1.165) is 6.04 Å². The quantitative estimate of drug-likeness (QED) is 0.787. The molecule has 0 unspecified atom stereocenters. The van der Waals surface area contributed by atoms with Gasteiger partial charge < -0.3 is 4.90 Å². The van der Waals surface area contributed by atoms with Crippen molar-refractivity contribution in [3.05, 3.63) is 65.2 Å². The molecule has 4 rings (SSSR count). The number of hydrogen-bond donors (Lipinski definition) is 0. The maximum atomic E-state index is 2.70. The van der Waals surface area contributed by atoms with Crippen molar-refractivity contribution >= 4 is 5.69 Å². The first kappa shape index (κ1) is 12.0. The lowest BCUT2D eigenvalue weighted by Crippen LogP contribution is -2.34. The maximum Gasteiger partial charge on any atom is 0.0404 e. The van der Waals surface area contributed by atoms with Crippen LogP contribution in [0.3, 0.4) is 0 Å². The molecule has 0 spiro atoms. The lowest BCUT2D eigenvalue weighted by atomic mass is 10.0. The van der Waals surface area contributed by atoms with Crippen molar-refractivity contribution in [2.45, 2.75) is 44.7 Å². The van der Waals surface area contributed by atoms with Crippen LogP contribution < -0.4 is 4.90 Å². The van der Waals surface area contributed by atoms with Crippen molar-refractivity contribution in [3.63, 3.8) is 0 Å². The van der Waals surface area contributed by atoms with E-state index in [1.165, 1.54) is 42.5 Å². The molecule has 20 heavy (non-hydrogen) atoms. The summed E-state index contributed by atoms with van der Waals surface area (Å²) >= 11 is 0. The number of nitrogens with zero attached hydrogens (tertiary/aromatic N) is 1. The number of hydrogen-bond acceptors (Lipinski definition) is 1. The predicted octanol–water partition coefficient (Wildman–Crippen LogP) is 4.13. The summed E-state index contributed by atoms with van der Waals surface area (Å²) in [6.45, 7) is 2.16. The molecule has 102 valence electrons. The molecular formula is C19H21N. The number of benzene rings is 2. The Kier molecular flexibility index (Phi) is 2.80. The molecule has 2 aliphatic rings. The van der Waals surface area contributed by atoms with Crippen LogP contribution in [-0.2, 0) is 12.8 Å². The molecule has 1 saturated heterocycles. The minimum atomic E-state index is 0.686. The molecule has 0 aromatic heterocycles. The van der Waals surface area contributed by atoms with Crippen LogP contribution in [0.4, 0.5) is 5.69 Å². The van der Waals surface area contributed by atoms with E-state index in [1.54, 1.807) is 5.56 Å². The summed E-state index contributed by atoms with van der Waals surface area (Å²) < 4.78 is 0. The molecule has 0 bridgehead atoms. The summed E-state index contributed by atoms with van der Waals surface area (Å²) in [6.07, 6.45) is 5.13. The van der Waals surface area contributed by atoms with Crippen LogP contribution in [0.2, 0.25) is 0 Å². The van der Waals surface area contributed by atoms with Gasteiger partial charge in [0.1, 0.15) is 0 Å². The Bertz CT molecular complexity index is 614. The number of fused-ring (bicyclic) bond motifs is 3. The number of para-hydroxylation sites is 1. The molecular weight excluding hydrogens is 242 g/mol. The topological polar surface area (TPSA) is 3.24 Å². The molecule has 1 heteroatoms. The third-order valence-electron chi connectivity index (χ3n) is 4.94. The van der Waals surface area contributed by atoms with E-state index >= 15 is 0 Å². The fourth-order valence-corrected chi connectivity index (χ4v) is 3.94. The predicted molar refractivity (Wildman–Crippen MR) is 84.3 cm³/mol. The van der Waals surface area contributed by atoms with Gasteiger partial charge in [0, 0.05) is 17.8 Å². The minimum Gasteiger partial charge on any atom is -0.365 e. The van der Waals surface area contributed by atoms with Gasteiger partial charge >= 0.3 is 0 Å². The van der Waals surface area contributed by atoms with E-state index in [0.29, 0.717) is 6.04 Å². The first-order valence-corrected chi connectivity index (χ1v) is 7.73. The highest BCUT2D eigenvalue weighted by atomic mass is 15.2. The standard InChI is InChI=1S/C19H21N/c1-14-6-8-15(9-7-14)12-17-10-11-18-13-16-4-2-3-5-19(16)20(17)18/h2-9,17-18H,10-13H2,1H3/t17-,18-/m1/s1. The average molecular weight is 263 g/mol. The van der Waals surface area contributed by atoms with Gasteiger partial charge in [-0.3, -0.25) is 0 Å². The van der Waals surface area contributed by atoms with Gasteiger partial charge in [-0.05, 0) is 49.8 Å². The molecule has 0 amide bonds. The summed E-state index contributed by atoms with van der Waals surface area (Å²) in [6, 6.07) is 19.5. The van der Waals surface area contributed by atoms with Gasteiger partial charge in [0.2, 0.25) is 0 Å². The highest BCUT2D eigenvalue weighted by Crippen LogP contribution is 2.41. The minimum absolute atomic E-state index is 0.686. The van der Waals surface area contributed by atoms with Crippen molar-refractivity contribution in [2.24, 2.45) is 0 Å². The zero-order valence-electron chi connectivity index (χ0n) is 12.0. The number of anilines is 1. The van der Waals surface area contributed by atoms with Crippen LogP contribution in [0.25, 0.3) is 0 Å². The molecule has 1 fully saturated rings. The first-order chi connectivity index (χ1) is 9.81. The molecule has 2 atom stereocenters. The van der Waals surface area contributed by atoms with Crippen molar-refractivity contribution in [2.75, 3.05) is 4.90 Å². The van der Waals surface area contributed by atoms with E-state index in [-0.39, 0.29) is 0 Å². The Labute approximate surface area is 121 Å². The van der Waals surface area contributed by atoms with Crippen LogP contribution in [0.1, 0.15) is 29.5 Å². The second-order valence-corrected chi connectivity index (χ2v) is 6.31. The van der Waals surface area contributed by atoms with Crippen molar-refractivity contribution in [3.8, 4) is 0 Å². The van der Waals surface area contributed by atoms with Gasteiger partial charge in [0.25, 0.3) is 0 Å². The van der Waals surface area contributed by atoms with Gasteiger partial charge in [-0.15, -0.1) is 0 Å². The normalized spacial score (nSPS) is 23.8. The molecule has 1 nitrogen and oxygen atoms in total. The summed E-state index contributed by atoms with van der Waals surface area (Å²) in [4.78, 5) is 2.70. The molecule has 0 saturated carbocycles. The maximum absolute atomic E-state index is 2.70. The zero-order chi connectivity index (χ0) is 13.5. The van der Waals surface area contributed by atoms with Crippen LogP contribution in [0.15, 0.2) is 48.5 Å². The van der Waals surface area contributed by atoms with E-state index in [2.05, 4.69) is 60.4 Å². The van der Waals surface area contributed by atoms with Gasteiger partial charge in [-0.1, -0.05) is 48.0 Å². The smallest absolute Gasteiger partial charge is 0.0404 e. The summed E-state index contributed by atoms with van der Waals surface area (Å²) in [5.74, 6) is 0. The molecule has 0 N–H and O–H groups in total. The van der Waals surface area contributed by atoms with Crippen molar-refractivity contribution < 1.29 is 0 Å². The van der Waals surface area contributed by atoms with Gasteiger partial charge in [-0.2, -0.15) is 0 Å². The van der Waals surface area contributed by atoms with Gasteiger partial charge in [-0.25, -0.2) is 0 Å². The summed E-state index contributed by atoms with van der Waals surface area (Å²) in [5.41, 5.74) is 5.87. The third kappa shape index (κ3) is 1.93. The van der Waals surface area contributed by atoms with Crippen molar-refractivity contribution in [1.29, 1.82) is 0 Å². The summed E-state index contributed by atoms with van der Waals surface area (Å²) in [7, 11) is 0. The number of aryl methyl sites for hydroxylation is 1. The highest BCUT2D eigenvalue weighted by Gasteiger charge is 2.38.